The molecule has 1 aliphatic rings. The van der Waals surface area contributed by atoms with E-state index in [-0.39, 0.29) is 18.2 Å². The van der Waals surface area contributed by atoms with Crippen LogP contribution in [0.15, 0.2) is 35.5 Å². The molecule has 1 fully saturated rings. The van der Waals surface area contributed by atoms with Crippen molar-refractivity contribution in [1.82, 2.24) is 10.2 Å². The standard InChI is InChI=1S/C18H28N2O3/c1-5-6-8-15(16-9-7-12-22-16)19-14-10-11-20(13-14)17(21)23-18(2,3)4/h5,7,9,12,14-15,19H,1,6,8,10-11,13H2,2-4H3/t14-,15+/m0/s1. The Hall–Kier alpha value is -1.75. The number of nitrogens with zero attached hydrogens (tertiary/aromatic N) is 1. The van der Waals surface area contributed by atoms with Gasteiger partial charge in [-0.05, 0) is 52.2 Å². The largest absolute Gasteiger partial charge is 0.468 e. The van der Waals surface area contributed by atoms with E-state index in [1.54, 1.807) is 11.2 Å². The Kier molecular flexibility index (Phi) is 5.88. The Morgan fingerprint density at radius 1 is 1.61 bits per heavy atom. The summed E-state index contributed by atoms with van der Waals surface area (Å²) >= 11 is 0. The average molecular weight is 320 g/mol. The minimum Gasteiger partial charge on any atom is -0.468 e. The van der Waals surface area contributed by atoms with Crippen LogP contribution >= 0.6 is 0 Å². The zero-order valence-corrected chi connectivity index (χ0v) is 14.4. The highest BCUT2D eigenvalue weighted by atomic mass is 16.6. The summed E-state index contributed by atoms with van der Waals surface area (Å²) in [4.78, 5) is 13.9. The number of likely N-dealkylation sites (tertiary alicyclic amines) is 1. The normalized spacial score (nSPS) is 19.6. The molecule has 1 N–H and O–H groups in total. The van der Waals surface area contributed by atoms with Gasteiger partial charge in [0.15, 0.2) is 0 Å². The van der Waals surface area contributed by atoms with E-state index in [1.807, 2.05) is 39.0 Å². The van der Waals surface area contributed by atoms with Gasteiger partial charge in [0, 0.05) is 19.1 Å². The summed E-state index contributed by atoms with van der Waals surface area (Å²) < 4.78 is 11.0. The van der Waals surface area contributed by atoms with E-state index in [9.17, 15) is 4.79 Å². The molecule has 0 aromatic carbocycles. The van der Waals surface area contributed by atoms with E-state index in [0.29, 0.717) is 6.54 Å². The van der Waals surface area contributed by atoms with Gasteiger partial charge >= 0.3 is 6.09 Å². The maximum absolute atomic E-state index is 12.1. The molecule has 1 aliphatic heterocycles. The molecule has 0 radical (unpaired) electrons. The number of hydrogen-bond donors (Lipinski definition) is 1. The SMILES string of the molecule is C=CCC[C@@H](N[C@H]1CCN(C(=O)OC(C)(C)C)C1)c1ccco1. The van der Waals surface area contributed by atoms with Crippen molar-refractivity contribution < 1.29 is 13.9 Å². The van der Waals surface area contributed by atoms with E-state index in [0.717, 1.165) is 31.6 Å². The molecule has 128 valence electrons. The molecule has 2 atom stereocenters. The van der Waals surface area contributed by atoms with Gasteiger partial charge in [-0.3, -0.25) is 0 Å². The molecule has 5 heteroatoms. The van der Waals surface area contributed by atoms with Crippen LogP contribution in [0.25, 0.3) is 0 Å². The van der Waals surface area contributed by atoms with Crippen LogP contribution in [0.1, 0.15) is 51.8 Å². The molecule has 0 spiro atoms. The van der Waals surface area contributed by atoms with Gasteiger partial charge in [0.05, 0.1) is 12.3 Å². The smallest absolute Gasteiger partial charge is 0.410 e. The zero-order chi connectivity index (χ0) is 16.9. The van der Waals surface area contributed by atoms with Gasteiger partial charge in [-0.2, -0.15) is 0 Å². The van der Waals surface area contributed by atoms with Gasteiger partial charge in [0.25, 0.3) is 0 Å². The summed E-state index contributed by atoms with van der Waals surface area (Å²) in [6, 6.07) is 4.29. The first-order valence-electron chi connectivity index (χ1n) is 8.27. The molecule has 23 heavy (non-hydrogen) atoms. The summed E-state index contributed by atoms with van der Waals surface area (Å²) in [6.45, 7) is 10.8. The van der Waals surface area contributed by atoms with Crippen molar-refractivity contribution in [3.8, 4) is 0 Å². The third kappa shape index (κ3) is 5.43. The molecule has 5 nitrogen and oxygen atoms in total. The van der Waals surface area contributed by atoms with Crippen molar-refractivity contribution in [1.29, 1.82) is 0 Å². The molecular weight excluding hydrogens is 292 g/mol. The number of allylic oxidation sites excluding steroid dienone is 1. The van der Waals surface area contributed by atoms with Gasteiger partial charge in [-0.25, -0.2) is 4.79 Å². The predicted octanol–water partition coefficient (Wildman–Crippen LogP) is 3.89. The number of furan rings is 1. The van der Waals surface area contributed by atoms with Crippen LogP contribution < -0.4 is 5.32 Å². The van der Waals surface area contributed by atoms with Crippen LogP contribution in [0.3, 0.4) is 0 Å². The summed E-state index contributed by atoms with van der Waals surface area (Å²) in [5.74, 6) is 0.933. The first kappa shape index (κ1) is 17.6. The first-order valence-corrected chi connectivity index (χ1v) is 8.27. The van der Waals surface area contributed by atoms with Crippen LogP contribution in [-0.2, 0) is 4.74 Å². The van der Waals surface area contributed by atoms with Crippen molar-refractivity contribution in [2.24, 2.45) is 0 Å². The van der Waals surface area contributed by atoms with Crippen molar-refractivity contribution in [3.05, 3.63) is 36.8 Å². The van der Waals surface area contributed by atoms with Crippen LogP contribution in [0.5, 0.6) is 0 Å². The average Bonchev–Trinajstić information content (AvgIpc) is 3.12. The number of ether oxygens (including phenoxy) is 1. The number of hydrogen-bond acceptors (Lipinski definition) is 4. The predicted molar refractivity (Wildman–Crippen MR) is 90.2 cm³/mol. The first-order chi connectivity index (χ1) is 10.9. The van der Waals surface area contributed by atoms with Crippen molar-refractivity contribution in [2.45, 2.75) is 57.7 Å². The van der Waals surface area contributed by atoms with Crippen molar-refractivity contribution in [2.75, 3.05) is 13.1 Å². The molecule has 0 unspecified atom stereocenters. The molecular formula is C18H28N2O3. The summed E-state index contributed by atoms with van der Waals surface area (Å²) in [5.41, 5.74) is -0.455. The molecule has 0 aliphatic carbocycles. The van der Waals surface area contributed by atoms with Crippen LogP contribution in [-0.4, -0.2) is 35.7 Å². The monoisotopic (exact) mass is 320 g/mol. The van der Waals surface area contributed by atoms with Crippen LogP contribution in [0, 0.1) is 0 Å². The van der Waals surface area contributed by atoms with Gasteiger partial charge in [0.2, 0.25) is 0 Å². The molecule has 0 saturated carbocycles. The van der Waals surface area contributed by atoms with Crippen molar-refractivity contribution >= 4 is 6.09 Å². The van der Waals surface area contributed by atoms with Crippen LogP contribution in [0.2, 0.25) is 0 Å². The number of amides is 1. The maximum atomic E-state index is 12.1. The summed E-state index contributed by atoms with van der Waals surface area (Å²) in [7, 11) is 0. The lowest BCUT2D eigenvalue weighted by atomic mass is 10.1. The van der Waals surface area contributed by atoms with Gasteiger partial charge < -0.3 is 19.4 Å². The second-order valence-electron chi connectivity index (χ2n) is 7.01. The lowest BCUT2D eigenvalue weighted by Crippen LogP contribution is -2.39. The summed E-state index contributed by atoms with van der Waals surface area (Å²) in [5, 5.41) is 3.61. The minimum atomic E-state index is -0.455. The molecule has 0 bridgehead atoms. The third-order valence-electron chi connectivity index (χ3n) is 3.82. The molecule has 2 heterocycles. The van der Waals surface area contributed by atoms with Gasteiger partial charge in [-0.1, -0.05) is 6.08 Å². The lowest BCUT2D eigenvalue weighted by Gasteiger charge is -2.25. The number of carbonyl (C=O) groups excluding carboxylic acids is 1. The van der Waals surface area contributed by atoms with Gasteiger partial charge in [0.1, 0.15) is 11.4 Å². The Morgan fingerprint density at radius 2 is 2.39 bits per heavy atom. The fourth-order valence-electron chi connectivity index (χ4n) is 2.75. The molecule has 1 aromatic heterocycles. The summed E-state index contributed by atoms with van der Waals surface area (Å²) in [6.07, 6.45) is 6.15. The van der Waals surface area contributed by atoms with E-state index < -0.39 is 5.60 Å². The van der Waals surface area contributed by atoms with Crippen molar-refractivity contribution in [3.63, 3.8) is 0 Å². The minimum absolute atomic E-state index is 0.145. The number of rotatable bonds is 6. The highest BCUT2D eigenvalue weighted by Crippen LogP contribution is 2.23. The fourth-order valence-corrected chi connectivity index (χ4v) is 2.75. The number of carbonyl (C=O) groups is 1. The van der Waals surface area contributed by atoms with Gasteiger partial charge in [-0.15, -0.1) is 6.58 Å². The Bertz CT molecular complexity index is 505. The molecule has 1 amide bonds. The Balaban J connectivity index is 1.89. The van der Waals surface area contributed by atoms with E-state index in [4.69, 9.17) is 9.15 Å². The Morgan fingerprint density at radius 3 is 3.00 bits per heavy atom. The quantitative estimate of drug-likeness (QED) is 0.808. The van der Waals surface area contributed by atoms with E-state index >= 15 is 0 Å². The zero-order valence-electron chi connectivity index (χ0n) is 14.4. The second kappa shape index (κ2) is 7.68. The highest BCUT2D eigenvalue weighted by Gasteiger charge is 2.31. The highest BCUT2D eigenvalue weighted by molar-refractivity contribution is 5.68. The Labute approximate surface area is 138 Å². The second-order valence-corrected chi connectivity index (χ2v) is 7.01. The van der Waals surface area contributed by atoms with E-state index in [2.05, 4.69) is 11.9 Å². The van der Waals surface area contributed by atoms with E-state index in [1.165, 1.54) is 0 Å². The lowest BCUT2D eigenvalue weighted by molar-refractivity contribution is 0.0290. The molecule has 1 saturated heterocycles. The third-order valence-corrected chi connectivity index (χ3v) is 3.82. The fraction of sp³-hybridized carbons (Fsp3) is 0.611. The molecule has 1 aromatic rings. The molecule has 2 rings (SSSR count). The topological polar surface area (TPSA) is 54.7 Å². The maximum Gasteiger partial charge on any atom is 0.410 e. The van der Waals surface area contributed by atoms with Crippen LogP contribution in [0.4, 0.5) is 4.79 Å². The number of nitrogens with one attached hydrogen (secondary N) is 1.